The molecule has 0 amide bonds. The van der Waals surface area contributed by atoms with Gasteiger partial charge in [-0.2, -0.15) is 0 Å². The standard InChI is InChI=1S/C10H22.2C3H8/c1-8(2)6-10(5)7-9(3)4;2*1-3-2/h8-10H,6-7H2,1-5H3;2*3H2,1-2H3. The lowest BCUT2D eigenvalue weighted by molar-refractivity contribution is 0.368. The highest BCUT2D eigenvalue weighted by molar-refractivity contribution is 4.57. The summed E-state index contributed by atoms with van der Waals surface area (Å²) in [6.07, 6.45) is 5.27. The Morgan fingerprint density at radius 3 is 0.875 bits per heavy atom. The van der Waals surface area contributed by atoms with Crippen LogP contribution in [0.2, 0.25) is 0 Å². The van der Waals surface area contributed by atoms with Crippen molar-refractivity contribution >= 4 is 0 Å². The molecule has 0 aromatic heterocycles. The Bertz CT molecular complexity index is 80.2. The van der Waals surface area contributed by atoms with Crippen molar-refractivity contribution in [3.8, 4) is 0 Å². The molecule has 0 spiro atoms. The molecule has 16 heavy (non-hydrogen) atoms. The summed E-state index contributed by atoms with van der Waals surface area (Å²) in [6.45, 7) is 20.1. The van der Waals surface area contributed by atoms with Gasteiger partial charge in [0.1, 0.15) is 0 Å². The molecule has 0 saturated heterocycles. The molecule has 0 radical (unpaired) electrons. The average molecular weight is 230 g/mol. The topological polar surface area (TPSA) is 0 Å². The van der Waals surface area contributed by atoms with E-state index < -0.39 is 0 Å². The normalized spacial score (nSPS) is 9.75. The van der Waals surface area contributed by atoms with Gasteiger partial charge in [-0.15, -0.1) is 0 Å². The van der Waals surface area contributed by atoms with Gasteiger partial charge < -0.3 is 0 Å². The highest BCUT2D eigenvalue weighted by Gasteiger charge is 2.06. The minimum atomic E-state index is 0.869. The summed E-state index contributed by atoms with van der Waals surface area (Å²) in [5.74, 6) is 2.66. The van der Waals surface area contributed by atoms with Crippen LogP contribution in [0.3, 0.4) is 0 Å². The van der Waals surface area contributed by atoms with Crippen molar-refractivity contribution in [3.05, 3.63) is 0 Å². The largest absolute Gasteiger partial charge is 0.0656 e. The van der Waals surface area contributed by atoms with Gasteiger partial charge in [-0.1, -0.05) is 75.2 Å². The molecule has 102 valence electrons. The maximum atomic E-state index is 2.36. The Hall–Kier alpha value is 0. The fourth-order valence-corrected chi connectivity index (χ4v) is 1.71. The Labute approximate surface area is 106 Å². The van der Waals surface area contributed by atoms with Crippen molar-refractivity contribution in [3.63, 3.8) is 0 Å². The van der Waals surface area contributed by atoms with Crippen LogP contribution in [0.4, 0.5) is 0 Å². The Morgan fingerprint density at radius 1 is 0.562 bits per heavy atom. The molecular formula is C16H38. The molecule has 0 atom stereocenters. The summed E-state index contributed by atoms with van der Waals surface area (Å²) in [5, 5.41) is 0. The van der Waals surface area contributed by atoms with Crippen molar-refractivity contribution in [2.75, 3.05) is 0 Å². The number of hydrogen-bond donors (Lipinski definition) is 0. The summed E-state index contributed by atoms with van der Waals surface area (Å²) >= 11 is 0. The summed E-state index contributed by atoms with van der Waals surface area (Å²) in [7, 11) is 0. The van der Waals surface area contributed by atoms with E-state index in [9.17, 15) is 0 Å². The first-order valence-corrected chi connectivity index (χ1v) is 7.35. The lowest BCUT2D eigenvalue weighted by atomic mass is 9.91. The van der Waals surface area contributed by atoms with Crippen LogP contribution in [-0.4, -0.2) is 0 Å². The molecule has 0 aliphatic rings. The zero-order chi connectivity index (χ0) is 13.6. The Kier molecular flexibility index (Phi) is 23.2. The fraction of sp³-hybridized carbons (Fsp3) is 1.00. The smallest absolute Gasteiger partial charge is 0.0438 e. The summed E-state index contributed by atoms with van der Waals surface area (Å²) in [4.78, 5) is 0. The molecule has 0 fully saturated rings. The van der Waals surface area contributed by atoms with E-state index >= 15 is 0 Å². The van der Waals surface area contributed by atoms with Crippen molar-refractivity contribution < 1.29 is 0 Å². The molecule has 0 aromatic carbocycles. The van der Waals surface area contributed by atoms with Crippen LogP contribution < -0.4 is 0 Å². The first kappa shape index (κ1) is 21.3. The second kappa shape index (κ2) is 17.4. The molecule has 0 heteroatoms. The molecule has 0 heterocycles. The van der Waals surface area contributed by atoms with E-state index in [4.69, 9.17) is 0 Å². The van der Waals surface area contributed by atoms with E-state index in [1.807, 2.05) is 0 Å². The molecule has 0 nitrogen and oxygen atoms in total. The van der Waals surface area contributed by atoms with Crippen LogP contribution in [0.15, 0.2) is 0 Å². The molecule has 0 unspecified atom stereocenters. The van der Waals surface area contributed by atoms with E-state index in [0.717, 1.165) is 17.8 Å². The van der Waals surface area contributed by atoms with Crippen LogP contribution in [0.1, 0.15) is 88.0 Å². The van der Waals surface area contributed by atoms with Gasteiger partial charge >= 0.3 is 0 Å². The predicted octanol–water partition coefficient (Wildman–Crippen LogP) is 6.55. The molecular weight excluding hydrogens is 192 g/mol. The van der Waals surface area contributed by atoms with Gasteiger partial charge in [-0.25, -0.2) is 0 Å². The molecule has 0 bridgehead atoms. The predicted molar refractivity (Wildman–Crippen MR) is 80.0 cm³/mol. The second-order valence-electron chi connectivity index (χ2n) is 5.78. The fourth-order valence-electron chi connectivity index (χ4n) is 1.71. The summed E-state index contributed by atoms with van der Waals surface area (Å²) < 4.78 is 0. The molecule has 0 aliphatic heterocycles. The first-order valence-electron chi connectivity index (χ1n) is 7.35. The third-order valence-electron chi connectivity index (χ3n) is 1.75. The van der Waals surface area contributed by atoms with Crippen LogP contribution in [-0.2, 0) is 0 Å². The van der Waals surface area contributed by atoms with Crippen molar-refractivity contribution in [2.24, 2.45) is 17.8 Å². The average Bonchev–Trinajstić information content (AvgIpc) is 2.02. The highest BCUT2D eigenvalue weighted by atomic mass is 14.1. The van der Waals surface area contributed by atoms with Gasteiger partial charge in [0.2, 0.25) is 0 Å². The third-order valence-corrected chi connectivity index (χ3v) is 1.75. The summed E-state index contributed by atoms with van der Waals surface area (Å²) in [5.41, 5.74) is 0. The van der Waals surface area contributed by atoms with Crippen LogP contribution in [0.25, 0.3) is 0 Å². The first-order chi connectivity index (χ1) is 7.35. The second-order valence-corrected chi connectivity index (χ2v) is 5.78. The minimum absolute atomic E-state index is 0.869. The quantitative estimate of drug-likeness (QED) is 0.514. The van der Waals surface area contributed by atoms with Crippen LogP contribution >= 0.6 is 0 Å². The zero-order valence-corrected chi connectivity index (χ0v) is 13.6. The maximum absolute atomic E-state index is 2.36. The van der Waals surface area contributed by atoms with E-state index in [1.54, 1.807) is 0 Å². The minimum Gasteiger partial charge on any atom is -0.0656 e. The van der Waals surface area contributed by atoms with E-state index in [1.165, 1.54) is 25.7 Å². The lowest BCUT2D eigenvalue weighted by Crippen LogP contribution is -2.03. The van der Waals surface area contributed by atoms with E-state index in [0.29, 0.717) is 0 Å². The van der Waals surface area contributed by atoms with Gasteiger partial charge in [-0.05, 0) is 30.6 Å². The number of rotatable bonds is 4. The third kappa shape index (κ3) is 37.0. The van der Waals surface area contributed by atoms with Gasteiger partial charge in [0.05, 0.1) is 0 Å². The number of hydrogen-bond acceptors (Lipinski definition) is 0. The van der Waals surface area contributed by atoms with Crippen LogP contribution in [0.5, 0.6) is 0 Å². The SMILES string of the molecule is CC(C)CC(C)CC(C)C.CCC.CCC. The molecule has 0 aliphatic carbocycles. The Morgan fingerprint density at radius 2 is 0.750 bits per heavy atom. The van der Waals surface area contributed by atoms with Crippen molar-refractivity contribution in [1.82, 2.24) is 0 Å². The summed E-state index contributed by atoms with van der Waals surface area (Å²) in [6, 6.07) is 0. The highest BCUT2D eigenvalue weighted by Crippen LogP contribution is 2.18. The zero-order valence-electron chi connectivity index (χ0n) is 13.6. The molecule has 0 aromatic rings. The molecule has 0 saturated carbocycles. The van der Waals surface area contributed by atoms with Crippen molar-refractivity contribution in [1.29, 1.82) is 0 Å². The van der Waals surface area contributed by atoms with Crippen LogP contribution in [0, 0.1) is 17.8 Å². The lowest BCUT2D eigenvalue weighted by Gasteiger charge is -2.15. The molecule has 0 N–H and O–H groups in total. The van der Waals surface area contributed by atoms with Gasteiger partial charge in [0.25, 0.3) is 0 Å². The Balaban J connectivity index is -0.000000235. The molecule has 0 rings (SSSR count). The van der Waals surface area contributed by atoms with E-state index in [2.05, 4.69) is 62.3 Å². The van der Waals surface area contributed by atoms with E-state index in [-0.39, 0.29) is 0 Å². The van der Waals surface area contributed by atoms with Crippen molar-refractivity contribution in [2.45, 2.75) is 88.0 Å². The van der Waals surface area contributed by atoms with Gasteiger partial charge in [0.15, 0.2) is 0 Å². The van der Waals surface area contributed by atoms with Gasteiger partial charge in [0, 0.05) is 0 Å². The maximum Gasteiger partial charge on any atom is -0.0438 e. The van der Waals surface area contributed by atoms with Gasteiger partial charge in [-0.3, -0.25) is 0 Å². The monoisotopic (exact) mass is 230 g/mol.